The molecule has 6 nitrogen and oxygen atoms in total. The van der Waals surface area contributed by atoms with E-state index in [1.165, 1.54) is 0 Å². The Bertz CT molecular complexity index is 500. The molecule has 1 rings (SSSR count). The molecule has 0 aliphatic rings. The van der Waals surface area contributed by atoms with Gasteiger partial charge in [0.15, 0.2) is 12.0 Å². The van der Waals surface area contributed by atoms with Crippen LogP contribution in [-0.4, -0.2) is 26.2 Å². The number of amidine groups is 1. The van der Waals surface area contributed by atoms with Crippen molar-refractivity contribution in [2.45, 2.75) is 0 Å². The Morgan fingerprint density at radius 1 is 1.33 bits per heavy atom. The maximum absolute atomic E-state index is 8.62. The van der Waals surface area contributed by atoms with Crippen molar-refractivity contribution in [2.75, 3.05) is 20.3 Å². The topological polar surface area (TPSA) is 90.4 Å². The molecule has 0 amide bonds. The molecule has 0 fully saturated rings. The Morgan fingerprint density at radius 2 is 2.11 bits per heavy atom. The van der Waals surface area contributed by atoms with Crippen LogP contribution in [0.5, 0.6) is 5.75 Å². The standard InChI is InChI=1S/C12H12N4O2/c1-17-6-7-18-11-5-3-2-4-10(11)12(15-8-13)16-9-14/h2-5H,6-7H2,1H3,(H,15,16). The summed E-state index contributed by atoms with van der Waals surface area (Å²) in [5.41, 5.74) is 0.553. The number of nitrogens with one attached hydrogen (secondary N) is 1. The van der Waals surface area contributed by atoms with Crippen LogP contribution in [0.1, 0.15) is 5.56 Å². The first-order chi connectivity index (χ1) is 8.83. The minimum Gasteiger partial charge on any atom is -0.490 e. The van der Waals surface area contributed by atoms with Crippen molar-refractivity contribution < 1.29 is 9.47 Å². The highest BCUT2D eigenvalue weighted by atomic mass is 16.5. The van der Waals surface area contributed by atoms with Gasteiger partial charge in [-0.05, 0) is 12.1 Å². The summed E-state index contributed by atoms with van der Waals surface area (Å²) < 4.78 is 10.4. The highest BCUT2D eigenvalue weighted by Crippen LogP contribution is 2.18. The van der Waals surface area contributed by atoms with Crippen LogP contribution in [0.4, 0.5) is 0 Å². The third-order valence-electron chi connectivity index (χ3n) is 2.02. The van der Waals surface area contributed by atoms with Crippen molar-refractivity contribution in [3.63, 3.8) is 0 Å². The lowest BCUT2D eigenvalue weighted by Crippen LogP contribution is -2.20. The van der Waals surface area contributed by atoms with E-state index in [2.05, 4.69) is 10.3 Å². The van der Waals surface area contributed by atoms with E-state index in [1.54, 1.807) is 43.8 Å². The molecule has 0 unspecified atom stereocenters. The van der Waals surface area contributed by atoms with Gasteiger partial charge in [-0.3, -0.25) is 5.32 Å². The number of hydrogen-bond donors (Lipinski definition) is 1. The molecule has 6 heteroatoms. The molecular formula is C12H12N4O2. The van der Waals surface area contributed by atoms with Gasteiger partial charge in [0.05, 0.1) is 12.2 Å². The average Bonchev–Trinajstić information content (AvgIpc) is 2.39. The third kappa shape index (κ3) is 3.78. The molecule has 1 N–H and O–H groups in total. The molecule has 0 aliphatic carbocycles. The summed E-state index contributed by atoms with van der Waals surface area (Å²) in [7, 11) is 1.58. The quantitative estimate of drug-likeness (QED) is 0.274. The van der Waals surface area contributed by atoms with Gasteiger partial charge in [0.1, 0.15) is 12.4 Å². The summed E-state index contributed by atoms with van der Waals surface area (Å²) in [6, 6.07) is 7.01. The second kappa shape index (κ2) is 7.66. The highest BCUT2D eigenvalue weighted by Gasteiger charge is 2.09. The van der Waals surface area contributed by atoms with Crippen LogP contribution in [0, 0.1) is 22.9 Å². The molecule has 0 saturated carbocycles. The van der Waals surface area contributed by atoms with Crippen molar-refractivity contribution >= 4 is 5.84 Å². The molecule has 0 spiro atoms. The van der Waals surface area contributed by atoms with E-state index < -0.39 is 0 Å². The predicted molar refractivity (Wildman–Crippen MR) is 64.7 cm³/mol. The average molecular weight is 244 g/mol. The van der Waals surface area contributed by atoms with E-state index in [-0.39, 0.29) is 5.84 Å². The van der Waals surface area contributed by atoms with Gasteiger partial charge in [0.2, 0.25) is 6.19 Å². The lowest BCUT2D eigenvalue weighted by Gasteiger charge is -2.10. The van der Waals surface area contributed by atoms with Gasteiger partial charge in [-0.25, -0.2) is 0 Å². The number of ether oxygens (including phenoxy) is 2. The van der Waals surface area contributed by atoms with E-state index in [4.69, 9.17) is 20.0 Å². The number of nitriles is 2. The normalized spacial score (nSPS) is 10.3. The molecule has 92 valence electrons. The zero-order chi connectivity index (χ0) is 13.2. The Hall–Kier alpha value is -2.57. The van der Waals surface area contributed by atoms with Crippen LogP contribution in [0.15, 0.2) is 29.3 Å². The van der Waals surface area contributed by atoms with Crippen molar-refractivity contribution in [2.24, 2.45) is 4.99 Å². The molecule has 18 heavy (non-hydrogen) atoms. The molecule has 1 aromatic rings. The number of benzene rings is 1. The monoisotopic (exact) mass is 244 g/mol. The van der Waals surface area contributed by atoms with Crippen LogP contribution < -0.4 is 10.1 Å². The fraction of sp³-hybridized carbons (Fsp3) is 0.250. The van der Waals surface area contributed by atoms with Crippen LogP contribution in [0.25, 0.3) is 0 Å². The second-order valence-electron chi connectivity index (χ2n) is 3.13. The molecule has 0 bridgehead atoms. The van der Waals surface area contributed by atoms with Crippen molar-refractivity contribution in [3.05, 3.63) is 29.8 Å². The van der Waals surface area contributed by atoms with Gasteiger partial charge in [0.25, 0.3) is 0 Å². The second-order valence-corrected chi connectivity index (χ2v) is 3.13. The number of hydrogen-bond acceptors (Lipinski definition) is 5. The molecule has 0 radical (unpaired) electrons. The lowest BCUT2D eigenvalue weighted by atomic mass is 10.2. The van der Waals surface area contributed by atoms with Crippen LogP contribution in [-0.2, 0) is 4.74 Å². The Balaban J connectivity index is 2.96. The van der Waals surface area contributed by atoms with E-state index in [0.29, 0.717) is 24.5 Å². The fourth-order valence-corrected chi connectivity index (χ4v) is 1.28. The number of rotatable bonds is 5. The van der Waals surface area contributed by atoms with Crippen molar-refractivity contribution in [1.29, 1.82) is 10.5 Å². The van der Waals surface area contributed by atoms with Crippen LogP contribution >= 0.6 is 0 Å². The van der Waals surface area contributed by atoms with Crippen LogP contribution in [0.2, 0.25) is 0 Å². The largest absolute Gasteiger partial charge is 0.490 e. The van der Waals surface area contributed by atoms with Gasteiger partial charge in [-0.2, -0.15) is 15.5 Å². The minimum absolute atomic E-state index is 0.160. The first kappa shape index (κ1) is 13.5. The summed E-state index contributed by atoms with van der Waals surface area (Å²) in [6.45, 7) is 0.824. The van der Waals surface area contributed by atoms with E-state index >= 15 is 0 Å². The van der Waals surface area contributed by atoms with Gasteiger partial charge in [-0.1, -0.05) is 12.1 Å². The van der Waals surface area contributed by atoms with E-state index in [0.717, 1.165) is 0 Å². The zero-order valence-corrected chi connectivity index (χ0v) is 9.88. The molecule has 0 aliphatic heterocycles. The Labute approximate surface area is 105 Å². The summed E-state index contributed by atoms with van der Waals surface area (Å²) in [6.07, 6.45) is 3.37. The van der Waals surface area contributed by atoms with Gasteiger partial charge < -0.3 is 9.47 Å². The zero-order valence-electron chi connectivity index (χ0n) is 9.88. The van der Waals surface area contributed by atoms with Crippen molar-refractivity contribution in [1.82, 2.24) is 5.32 Å². The first-order valence-corrected chi connectivity index (χ1v) is 5.16. The molecule has 0 aromatic heterocycles. The van der Waals surface area contributed by atoms with E-state index in [1.807, 2.05) is 0 Å². The van der Waals surface area contributed by atoms with Crippen molar-refractivity contribution in [3.8, 4) is 18.1 Å². The molecule has 0 saturated heterocycles. The minimum atomic E-state index is 0.160. The number of nitrogens with zero attached hydrogens (tertiary/aromatic N) is 3. The number of aliphatic imine (C=N–C) groups is 1. The van der Waals surface area contributed by atoms with Gasteiger partial charge in [-0.15, -0.1) is 0 Å². The SMILES string of the molecule is COCCOc1ccccc1C(=NC#N)NC#N. The Morgan fingerprint density at radius 3 is 2.78 bits per heavy atom. The lowest BCUT2D eigenvalue weighted by molar-refractivity contribution is 0.146. The predicted octanol–water partition coefficient (Wildman–Crippen LogP) is 1.01. The van der Waals surface area contributed by atoms with Gasteiger partial charge >= 0.3 is 0 Å². The first-order valence-electron chi connectivity index (χ1n) is 5.16. The summed E-state index contributed by atoms with van der Waals surface area (Å²) in [5, 5.41) is 19.6. The third-order valence-corrected chi connectivity index (χ3v) is 2.02. The smallest absolute Gasteiger partial charge is 0.207 e. The summed E-state index contributed by atoms with van der Waals surface area (Å²) >= 11 is 0. The highest BCUT2D eigenvalue weighted by molar-refractivity contribution is 6.02. The summed E-state index contributed by atoms with van der Waals surface area (Å²) in [4.78, 5) is 3.55. The van der Waals surface area contributed by atoms with E-state index in [9.17, 15) is 0 Å². The maximum Gasteiger partial charge on any atom is 0.207 e. The fourth-order valence-electron chi connectivity index (χ4n) is 1.28. The molecule has 0 atom stereocenters. The number of para-hydroxylation sites is 1. The van der Waals surface area contributed by atoms with Gasteiger partial charge in [0, 0.05) is 7.11 Å². The summed E-state index contributed by atoms with van der Waals surface area (Å²) in [5.74, 6) is 0.694. The molecule has 0 heterocycles. The number of methoxy groups -OCH3 is 1. The van der Waals surface area contributed by atoms with Crippen LogP contribution in [0.3, 0.4) is 0 Å². The Kier molecular flexibility index (Phi) is 5.74. The maximum atomic E-state index is 8.62. The molecule has 1 aromatic carbocycles. The molecular weight excluding hydrogens is 232 g/mol.